The Hall–Kier alpha value is -0.240. The fraction of sp³-hybridized carbons (Fsp3) is 1.00. The molecule has 0 aromatic carbocycles. The second kappa shape index (κ2) is 8.36. The molecule has 0 aliphatic rings. The second-order valence-electron chi connectivity index (χ2n) is 2.92. The maximum atomic E-state index is 8.34. The molecule has 0 amide bonds. The number of hydrogen-bond donors (Lipinski definition) is 6. The number of nitrogens with two attached hydrogens (primary N) is 2. The summed E-state index contributed by atoms with van der Waals surface area (Å²) in [6.45, 7) is 0.806. The molecule has 1 atom stereocenters. The van der Waals surface area contributed by atoms with E-state index in [1.807, 2.05) is 0 Å². The third kappa shape index (κ3) is 9.68. The minimum absolute atomic E-state index is 0.338. The number of hydrogen-bond acceptors (Lipinski definition) is 6. The predicted octanol–water partition coefficient (Wildman–Crippen LogP) is -3.01. The van der Waals surface area contributed by atoms with Crippen LogP contribution in [0, 0.1) is 0 Å². The standard InChI is InChI=1S/C4H11NO3.C3H9NO/c5-4(1-6,2-7)3-8;1-3(5)2-4/h6-8H,1-3,5H2;3,5H,2,4H2,1H3. The van der Waals surface area contributed by atoms with Crippen molar-refractivity contribution < 1.29 is 20.4 Å². The van der Waals surface area contributed by atoms with Crippen molar-refractivity contribution in [3.8, 4) is 0 Å². The smallest absolute Gasteiger partial charge is 0.0856 e. The average molecular weight is 196 g/mol. The van der Waals surface area contributed by atoms with Gasteiger partial charge in [-0.05, 0) is 6.92 Å². The molecule has 0 spiro atoms. The molecular formula is C7H20N2O4. The summed E-state index contributed by atoms with van der Waals surface area (Å²) < 4.78 is 0. The first-order chi connectivity index (χ1) is 5.95. The zero-order valence-electron chi connectivity index (χ0n) is 7.85. The zero-order chi connectivity index (χ0) is 10.9. The van der Waals surface area contributed by atoms with Crippen LogP contribution in [0.25, 0.3) is 0 Å². The van der Waals surface area contributed by atoms with Gasteiger partial charge in [-0.1, -0.05) is 0 Å². The summed E-state index contributed by atoms with van der Waals surface area (Å²) in [5.74, 6) is 0. The molecule has 13 heavy (non-hydrogen) atoms. The van der Waals surface area contributed by atoms with Gasteiger partial charge < -0.3 is 31.9 Å². The van der Waals surface area contributed by atoms with Gasteiger partial charge in [0.05, 0.1) is 31.5 Å². The average Bonchev–Trinajstić information content (AvgIpc) is 2.17. The van der Waals surface area contributed by atoms with Gasteiger partial charge in [0, 0.05) is 6.54 Å². The zero-order valence-corrected chi connectivity index (χ0v) is 7.85. The van der Waals surface area contributed by atoms with Crippen molar-refractivity contribution in [1.82, 2.24) is 0 Å². The van der Waals surface area contributed by atoms with Gasteiger partial charge in [0.15, 0.2) is 0 Å². The van der Waals surface area contributed by atoms with Crippen molar-refractivity contribution in [3.05, 3.63) is 0 Å². The predicted molar refractivity (Wildman–Crippen MR) is 48.9 cm³/mol. The van der Waals surface area contributed by atoms with Crippen LogP contribution in [-0.4, -0.2) is 58.4 Å². The van der Waals surface area contributed by atoms with E-state index in [1.165, 1.54) is 0 Å². The molecule has 0 saturated carbocycles. The fourth-order valence-corrected chi connectivity index (χ4v) is 0.150. The number of rotatable bonds is 4. The Morgan fingerprint density at radius 3 is 1.38 bits per heavy atom. The van der Waals surface area contributed by atoms with Gasteiger partial charge in [-0.25, -0.2) is 0 Å². The van der Waals surface area contributed by atoms with E-state index in [1.54, 1.807) is 6.92 Å². The summed E-state index contributed by atoms with van der Waals surface area (Å²) in [7, 11) is 0. The third-order valence-corrected chi connectivity index (χ3v) is 1.29. The van der Waals surface area contributed by atoms with Crippen LogP contribution >= 0.6 is 0 Å². The van der Waals surface area contributed by atoms with E-state index in [0.29, 0.717) is 6.54 Å². The summed E-state index contributed by atoms with van der Waals surface area (Å²) in [6.07, 6.45) is -0.338. The van der Waals surface area contributed by atoms with E-state index >= 15 is 0 Å². The van der Waals surface area contributed by atoms with Gasteiger partial charge in [-0.15, -0.1) is 0 Å². The summed E-state index contributed by atoms with van der Waals surface area (Å²) in [5, 5.41) is 33.3. The molecule has 0 bridgehead atoms. The van der Waals surface area contributed by atoms with Gasteiger partial charge >= 0.3 is 0 Å². The number of aliphatic hydroxyl groups is 4. The molecule has 0 aliphatic carbocycles. The number of aliphatic hydroxyl groups excluding tert-OH is 4. The Labute approximate surface area is 77.8 Å². The van der Waals surface area contributed by atoms with Crippen LogP contribution in [0.15, 0.2) is 0 Å². The summed E-state index contributed by atoms with van der Waals surface area (Å²) in [5.41, 5.74) is 8.86. The van der Waals surface area contributed by atoms with Crippen LogP contribution in [-0.2, 0) is 0 Å². The molecule has 0 radical (unpaired) electrons. The lowest BCUT2D eigenvalue weighted by atomic mass is 10.1. The Kier molecular flexibility index (Phi) is 9.80. The SMILES string of the molecule is CC(O)CN.NC(CO)(CO)CO. The second-order valence-corrected chi connectivity index (χ2v) is 2.92. The maximum absolute atomic E-state index is 8.34. The molecule has 1 unspecified atom stereocenters. The van der Waals surface area contributed by atoms with E-state index in [-0.39, 0.29) is 6.10 Å². The fourth-order valence-electron chi connectivity index (χ4n) is 0.150. The molecule has 0 rings (SSSR count). The normalized spacial score (nSPS) is 13.2. The van der Waals surface area contributed by atoms with Crippen molar-refractivity contribution in [1.29, 1.82) is 0 Å². The van der Waals surface area contributed by atoms with Crippen LogP contribution < -0.4 is 11.5 Å². The molecular weight excluding hydrogens is 176 g/mol. The van der Waals surface area contributed by atoms with Gasteiger partial charge in [-0.3, -0.25) is 0 Å². The first kappa shape index (κ1) is 15.2. The first-order valence-electron chi connectivity index (χ1n) is 3.95. The molecule has 8 N–H and O–H groups in total. The lowest BCUT2D eigenvalue weighted by molar-refractivity contribution is 0.0698. The van der Waals surface area contributed by atoms with Gasteiger partial charge in [0.25, 0.3) is 0 Å². The third-order valence-electron chi connectivity index (χ3n) is 1.29. The maximum Gasteiger partial charge on any atom is 0.0856 e. The van der Waals surface area contributed by atoms with E-state index in [2.05, 4.69) is 0 Å². The summed E-state index contributed by atoms with van der Waals surface area (Å²) in [6, 6.07) is 0. The van der Waals surface area contributed by atoms with Crippen LogP contribution in [0.2, 0.25) is 0 Å². The Balaban J connectivity index is 0. The highest BCUT2D eigenvalue weighted by molar-refractivity contribution is 4.80. The van der Waals surface area contributed by atoms with Crippen LogP contribution in [0.4, 0.5) is 0 Å². The van der Waals surface area contributed by atoms with Crippen LogP contribution in [0.5, 0.6) is 0 Å². The minimum Gasteiger partial charge on any atom is -0.394 e. The molecule has 0 aliphatic heterocycles. The van der Waals surface area contributed by atoms with Crippen molar-refractivity contribution >= 4 is 0 Å². The molecule has 0 heterocycles. The summed E-state index contributed by atoms with van der Waals surface area (Å²) in [4.78, 5) is 0. The molecule has 0 saturated heterocycles. The van der Waals surface area contributed by atoms with E-state index in [4.69, 9.17) is 31.9 Å². The molecule has 6 nitrogen and oxygen atoms in total. The van der Waals surface area contributed by atoms with E-state index in [9.17, 15) is 0 Å². The van der Waals surface area contributed by atoms with E-state index < -0.39 is 25.4 Å². The highest BCUT2D eigenvalue weighted by Gasteiger charge is 2.20. The first-order valence-corrected chi connectivity index (χ1v) is 3.95. The Morgan fingerprint density at radius 1 is 1.15 bits per heavy atom. The van der Waals surface area contributed by atoms with E-state index in [0.717, 1.165) is 0 Å². The highest BCUT2D eigenvalue weighted by Crippen LogP contribution is 1.93. The van der Waals surface area contributed by atoms with Crippen LogP contribution in [0.1, 0.15) is 6.92 Å². The molecule has 0 aromatic heterocycles. The van der Waals surface area contributed by atoms with Crippen molar-refractivity contribution in [2.75, 3.05) is 26.4 Å². The van der Waals surface area contributed by atoms with Crippen molar-refractivity contribution in [2.45, 2.75) is 18.6 Å². The molecule has 0 aromatic rings. The van der Waals surface area contributed by atoms with Crippen LogP contribution in [0.3, 0.4) is 0 Å². The quantitative estimate of drug-likeness (QED) is 0.283. The minimum atomic E-state index is -1.21. The molecule has 82 valence electrons. The monoisotopic (exact) mass is 196 g/mol. The molecule has 6 heteroatoms. The lowest BCUT2D eigenvalue weighted by Gasteiger charge is -2.20. The topological polar surface area (TPSA) is 133 Å². The molecule has 0 fully saturated rings. The lowest BCUT2D eigenvalue weighted by Crippen LogP contribution is -2.50. The van der Waals surface area contributed by atoms with Gasteiger partial charge in [0.2, 0.25) is 0 Å². The highest BCUT2D eigenvalue weighted by atomic mass is 16.3. The van der Waals surface area contributed by atoms with Gasteiger partial charge in [-0.2, -0.15) is 0 Å². The van der Waals surface area contributed by atoms with Crippen molar-refractivity contribution in [3.63, 3.8) is 0 Å². The Bertz CT molecular complexity index is 98.4. The summed E-state index contributed by atoms with van der Waals surface area (Å²) >= 11 is 0. The van der Waals surface area contributed by atoms with Gasteiger partial charge in [0.1, 0.15) is 0 Å². The largest absolute Gasteiger partial charge is 0.394 e. The van der Waals surface area contributed by atoms with Crippen molar-refractivity contribution in [2.24, 2.45) is 11.5 Å². The Morgan fingerprint density at radius 2 is 1.38 bits per heavy atom.